The van der Waals surface area contributed by atoms with E-state index in [1.165, 1.54) is 12.8 Å². The molecule has 1 saturated heterocycles. The number of hydrogen-bond acceptors (Lipinski definition) is 4. The largest absolute Gasteiger partial charge is 0.457 e. The van der Waals surface area contributed by atoms with Crippen LogP contribution in [0.25, 0.3) is 10.9 Å². The monoisotopic (exact) mass is 375 g/mol. The number of aromatic nitrogens is 1. The van der Waals surface area contributed by atoms with Crippen molar-refractivity contribution < 1.29 is 9.53 Å². The van der Waals surface area contributed by atoms with E-state index >= 15 is 0 Å². The van der Waals surface area contributed by atoms with Gasteiger partial charge in [0, 0.05) is 23.7 Å². The Hall–Kier alpha value is -2.92. The lowest BCUT2D eigenvalue weighted by Crippen LogP contribution is -2.28. The normalized spacial score (nSPS) is 14.7. The van der Waals surface area contributed by atoms with Crippen molar-refractivity contribution in [2.75, 3.05) is 18.4 Å². The van der Waals surface area contributed by atoms with Gasteiger partial charge in [-0.2, -0.15) is 0 Å². The molecule has 0 saturated carbocycles. The number of rotatable bonds is 6. The smallest absolute Gasteiger partial charge is 0.224 e. The number of ether oxygens (including phenoxy) is 1. The van der Waals surface area contributed by atoms with Gasteiger partial charge in [-0.15, -0.1) is 0 Å². The summed E-state index contributed by atoms with van der Waals surface area (Å²) < 4.78 is 6.02. The predicted molar refractivity (Wildman–Crippen MR) is 112 cm³/mol. The molecule has 2 heterocycles. The highest BCUT2D eigenvalue weighted by molar-refractivity contribution is 5.90. The number of fused-ring (bicyclic) bond motifs is 1. The van der Waals surface area contributed by atoms with Gasteiger partial charge >= 0.3 is 0 Å². The van der Waals surface area contributed by atoms with E-state index in [0.717, 1.165) is 47.6 Å². The van der Waals surface area contributed by atoms with Crippen LogP contribution in [0.5, 0.6) is 11.5 Å². The molecular formula is C23H25N3O2. The molecule has 0 radical (unpaired) electrons. The fraction of sp³-hybridized carbons (Fsp3) is 0.304. The first kappa shape index (κ1) is 18.4. The van der Waals surface area contributed by atoms with Gasteiger partial charge in [-0.3, -0.25) is 9.78 Å². The van der Waals surface area contributed by atoms with Gasteiger partial charge in [-0.05, 0) is 80.7 Å². The molecule has 1 fully saturated rings. The number of amides is 1. The number of para-hydroxylation sites is 1. The maximum Gasteiger partial charge on any atom is 0.224 e. The second-order valence-electron chi connectivity index (χ2n) is 7.23. The minimum absolute atomic E-state index is 0.0762. The molecule has 1 aliphatic heterocycles. The zero-order valence-electron chi connectivity index (χ0n) is 15.9. The second kappa shape index (κ2) is 8.85. The Morgan fingerprint density at radius 1 is 1.07 bits per heavy atom. The van der Waals surface area contributed by atoms with E-state index in [1.807, 2.05) is 54.6 Å². The van der Waals surface area contributed by atoms with Crippen molar-refractivity contribution in [2.45, 2.75) is 25.7 Å². The van der Waals surface area contributed by atoms with Crippen LogP contribution in [0.2, 0.25) is 0 Å². The number of nitrogens with zero attached hydrogens (tertiary/aromatic N) is 1. The highest BCUT2D eigenvalue weighted by Crippen LogP contribution is 2.29. The summed E-state index contributed by atoms with van der Waals surface area (Å²) in [6.07, 6.45) is 5.62. The van der Waals surface area contributed by atoms with E-state index in [2.05, 4.69) is 15.6 Å². The number of carbonyl (C=O) groups excluding carboxylic acids is 1. The zero-order valence-corrected chi connectivity index (χ0v) is 15.9. The molecule has 1 amide bonds. The summed E-state index contributed by atoms with van der Waals surface area (Å²) in [5, 5.41) is 7.31. The Bertz CT molecular complexity index is 929. The molecule has 0 aliphatic carbocycles. The molecule has 0 atom stereocenters. The first-order chi connectivity index (χ1) is 13.8. The second-order valence-corrected chi connectivity index (χ2v) is 7.23. The molecule has 2 N–H and O–H groups in total. The topological polar surface area (TPSA) is 63.2 Å². The highest BCUT2D eigenvalue weighted by Gasteiger charge is 2.14. The van der Waals surface area contributed by atoms with Gasteiger partial charge < -0.3 is 15.4 Å². The minimum atomic E-state index is 0.0762. The third-order valence-corrected chi connectivity index (χ3v) is 5.21. The number of anilines is 1. The predicted octanol–water partition coefficient (Wildman–Crippen LogP) is 4.75. The Kier molecular flexibility index (Phi) is 5.83. The number of carbonyl (C=O) groups is 1. The summed E-state index contributed by atoms with van der Waals surface area (Å²) in [7, 11) is 0. The Morgan fingerprint density at radius 3 is 2.68 bits per heavy atom. The minimum Gasteiger partial charge on any atom is -0.457 e. The van der Waals surface area contributed by atoms with Crippen LogP contribution >= 0.6 is 0 Å². The van der Waals surface area contributed by atoms with E-state index < -0.39 is 0 Å². The number of benzene rings is 2. The Morgan fingerprint density at radius 2 is 1.86 bits per heavy atom. The standard InChI is InChI=1S/C23H25N3O2/c27-23(10-5-17-11-14-24-15-12-17)26-18-6-8-19(9-7-18)28-22-13-16-25-21-4-2-1-3-20(21)22/h1-4,6-9,13,16-17,24H,5,10-12,14-15H2,(H,26,27). The molecule has 1 aliphatic rings. The van der Waals surface area contributed by atoms with Crippen molar-refractivity contribution in [1.29, 1.82) is 0 Å². The average Bonchev–Trinajstić information content (AvgIpc) is 2.75. The molecule has 2 aromatic carbocycles. The van der Waals surface area contributed by atoms with E-state index in [9.17, 15) is 4.79 Å². The van der Waals surface area contributed by atoms with Crippen LogP contribution in [0.4, 0.5) is 5.69 Å². The summed E-state index contributed by atoms with van der Waals surface area (Å²) in [5.41, 5.74) is 1.69. The fourth-order valence-corrected chi connectivity index (χ4v) is 3.62. The van der Waals surface area contributed by atoms with Crippen LogP contribution in [0.1, 0.15) is 25.7 Å². The first-order valence-corrected chi connectivity index (χ1v) is 9.90. The highest BCUT2D eigenvalue weighted by atomic mass is 16.5. The molecule has 28 heavy (non-hydrogen) atoms. The maximum absolute atomic E-state index is 12.2. The molecule has 0 spiro atoms. The summed E-state index contributed by atoms with van der Waals surface area (Å²) in [4.78, 5) is 16.6. The zero-order chi connectivity index (χ0) is 19.2. The molecule has 4 rings (SSSR count). The first-order valence-electron chi connectivity index (χ1n) is 9.90. The van der Waals surface area contributed by atoms with Crippen LogP contribution in [-0.4, -0.2) is 24.0 Å². The third-order valence-electron chi connectivity index (χ3n) is 5.21. The van der Waals surface area contributed by atoms with Crippen molar-refractivity contribution in [2.24, 2.45) is 5.92 Å². The van der Waals surface area contributed by atoms with Crippen molar-refractivity contribution in [3.05, 3.63) is 60.8 Å². The van der Waals surface area contributed by atoms with Crippen LogP contribution < -0.4 is 15.4 Å². The van der Waals surface area contributed by atoms with Gasteiger partial charge in [-0.25, -0.2) is 0 Å². The van der Waals surface area contributed by atoms with Gasteiger partial charge in [0.25, 0.3) is 0 Å². The summed E-state index contributed by atoms with van der Waals surface area (Å²) in [6.45, 7) is 2.14. The maximum atomic E-state index is 12.2. The van der Waals surface area contributed by atoms with Crippen LogP contribution in [0.3, 0.4) is 0 Å². The summed E-state index contributed by atoms with van der Waals surface area (Å²) >= 11 is 0. The average molecular weight is 375 g/mol. The number of piperidine rings is 1. The van der Waals surface area contributed by atoms with Crippen LogP contribution in [0, 0.1) is 5.92 Å². The Balaban J connectivity index is 1.34. The lowest BCUT2D eigenvalue weighted by atomic mass is 9.93. The van der Waals surface area contributed by atoms with Crippen molar-refractivity contribution in [1.82, 2.24) is 10.3 Å². The van der Waals surface area contributed by atoms with Gasteiger partial charge in [-0.1, -0.05) is 12.1 Å². The van der Waals surface area contributed by atoms with E-state index in [-0.39, 0.29) is 5.91 Å². The number of pyridine rings is 1. The molecule has 0 unspecified atom stereocenters. The number of nitrogens with one attached hydrogen (secondary N) is 2. The molecule has 0 bridgehead atoms. The van der Waals surface area contributed by atoms with Gasteiger partial charge in [0.1, 0.15) is 11.5 Å². The van der Waals surface area contributed by atoms with Crippen molar-refractivity contribution >= 4 is 22.5 Å². The van der Waals surface area contributed by atoms with Crippen molar-refractivity contribution in [3.8, 4) is 11.5 Å². The van der Waals surface area contributed by atoms with Crippen LogP contribution in [-0.2, 0) is 4.79 Å². The quantitative estimate of drug-likeness (QED) is 0.653. The SMILES string of the molecule is O=C(CCC1CCNCC1)Nc1ccc(Oc2ccnc3ccccc23)cc1. The summed E-state index contributed by atoms with van der Waals surface area (Å²) in [5.74, 6) is 2.23. The fourth-order valence-electron chi connectivity index (χ4n) is 3.62. The molecular weight excluding hydrogens is 350 g/mol. The van der Waals surface area contributed by atoms with E-state index in [4.69, 9.17) is 4.74 Å². The molecule has 1 aromatic heterocycles. The van der Waals surface area contributed by atoms with Crippen molar-refractivity contribution in [3.63, 3.8) is 0 Å². The molecule has 3 aromatic rings. The van der Waals surface area contributed by atoms with Gasteiger partial charge in [0.15, 0.2) is 0 Å². The lowest BCUT2D eigenvalue weighted by Gasteiger charge is -2.22. The lowest BCUT2D eigenvalue weighted by molar-refractivity contribution is -0.116. The molecule has 5 heteroatoms. The Labute approximate surface area is 165 Å². The van der Waals surface area contributed by atoms with E-state index in [1.54, 1.807) is 6.20 Å². The van der Waals surface area contributed by atoms with Gasteiger partial charge in [0.2, 0.25) is 5.91 Å². The van der Waals surface area contributed by atoms with Gasteiger partial charge in [0.05, 0.1) is 5.52 Å². The third kappa shape index (κ3) is 4.67. The summed E-state index contributed by atoms with van der Waals surface area (Å²) in [6, 6.07) is 17.2. The van der Waals surface area contributed by atoms with E-state index in [0.29, 0.717) is 12.3 Å². The molecule has 5 nitrogen and oxygen atoms in total. The number of hydrogen-bond donors (Lipinski definition) is 2. The molecule has 144 valence electrons. The van der Waals surface area contributed by atoms with Crippen LogP contribution in [0.15, 0.2) is 60.8 Å².